The van der Waals surface area contributed by atoms with Gasteiger partial charge in [0.15, 0.2) is 5.82 Å². The zero-order chi connectivity index (χ0) is 9.54. The molecule has 1 N–H and O–H groups in total. The number of rotatable bonds is 0. The van der Waals surface area contributed by atoms with E-state index < -0.39 is 0 Å². The highest BCUT2D eigenvalue weighted by Gasteiger charge is 2.20. The molecular formula is C10H8ClN3. The minimum atomic E-state index is 0.743. The van der Waals surface area contributed by atoms with Gasteiger partial charge in [0.2, 0.25) is 0 Å². The second-order valence-corrected chi connectivity index (χ2v) is 3.60. The van der Waals surface area contributed by atoms with E-state index in [1.165, 1.54) is 9.91 Å². The Morgan fingerprint density at radius 2 is 2.21 bits per heavy atom. The van der Waals surface area contributed by atoms with Crippen molar-refractivity contribution in [3.8, 4) is 0 Å². The predicted molar refractivity (Wildman–Crippen MR) is 56.9 cm³/mol. The molecule has 0 atom stereocenters. The Morgan fingerprint density at radius 1 is 1.36 bits per heavy atom. The van der Waals surface area contributed by atoms with Gasteiger partial charge < -0.3 is 0 Å². The first-order chi connectivity index (χ1) is 6.86. The molecule has 1 aliphatic rings. The van der Waals surface area contributed by atoms with Crippen LogP contribution in [0.2, 0.25) is 0 Å². The van der Waals surface area contributed by atoms with Gasteiger partial charge in [-0.3, -0.25) is 0 Å². The van der Waals surface area contributed by atoms with Crippen LogP contribution in [0.25, 0.3) is 10.8 Å². The van der Waals surface area contributed by atoms with Crippen molar-refractivity contribution < 1.29 is 0 Å². The summed E-state index contributed by atoms with van der Waals surface area (Å²) in [6.07, 6.45) is 1.84. The number of halogens is 1. The molecule has 0 fully saturated rings. The van der Waals surface area contributed by atoms with Gasteiger partial charge in [-0.25, -0.2) is 10.4 Å². The van der Waals surface area contributed by atoms with Crippen LogP contribution in [0.1, 0.15) is 5.56 Å². The summed E-state index contributed by atoms with van der Waals surface area (Å²) in [6.45, 7) is 0.743. The topological polar surface area (TPSA) is 28.2 Å². The van der Waals surface area contributed by atoms with E-state index in [2.05, 4.69) is 22.5 Å². The molecule has 2 aromatic rings. The largest absolute Gasteiger partial charge is 0.236 e. The van der Waals surface area contributed by atoms with E-state index in [1.807, 2.05) is 18.3 Å². The third kappa shape index (κ3) is 0.997. The molecule has 3 nitrogen and oxygen atoms in total. The maximum atomic E-state index is 5.90. The molecule has 0 radical (unpaired) electrons. The first kappa shape index (κ1) is 8.03. The molecule has 3 rings (SSSR count). The number of nitrogens with zero attached hydrogens (tertiary/aromatic N) is 2. The third-order valence-corrected chi connectivity index (χ3v) is 2.74. The molecule has 14 heavy (non-hydrogen) atoms. The Balaban J connectivity index is 2.38. The standard InChI is InChI=1S/C10H8ClN3/c11-14-10-9(6-13-14)8-4-2-1-3-7(8)5-12-10/h1-5,13H,6H2. The van der Waals surface area contributed by atoms with Crippen molar-refractivity contribution in [1.29, 1.82) is 0 Å². The summed E-state index contributed by atoms with van der Waals surface area (Å²) in [5, 5.41) is 2.37. The Morgan fingerprint density at radius 3 is 3.14 bits per heavy atom. The fourth-order valence-corrected chi connectivity index (χ4v) is 1.99. The van der Waals surface area contributed by atoms with E-state index >= 15 is 0 Å². The van der Waals surface area contributed by atoms with Gasteiger partial charge >= 0.3 is 0 Å². The summed E-state index contributed by atoms with van der Waals surface area (Å²) in [4.78, 5) is 4.30. The molecule has 0 saturated carbocycles. The molecule has 0 spiro atoms. The summed E-state index contributed by atoms with van der Waals surface area (Å²) in [5.41, 5.74) is 4.18. The smallest absolute Gasteiger partial charge is 0.164 e. The van der Waals surface area contributed by atoms with Gasteiger partial charge in [0.25, 0.3) is 0 Å². The molecule has 0 saturated heterocycles. The van der Waals surface area contributed by atoms with Crippen LogP contribution in [0, 0.1) is 0 Å². The van der Waals surface area contributed by atoms with Crippen molar-refractivity contribution >= 4 is 28.4 Å². The van der Waals surface area contributed by atoms with E-state index in [0.29, 0.717) is 0 Å². The van der Waals surface area contributed by atoms with Crippen LogP contribution in [-0.4, -0.2) is 4.98 Å². The van der Waals surface area contributed by atoms with Crippen molar-refractivity contribution in [2.75, 3.05) is 4.53 Å². The summed E-state index contributed by atoms with van der Waals surface area (Å²) < 4.78 is 1.45. The van der Waals surface area contributed by atoms with Gasteiger partial charge in [-0.2, -0.15) is 4.53 Å². The fourth-order valence-electron chi connectivity index (χ4n) is 1.78. The van der Waals surface area contributed by atoms with Crippen molar-refractivity contribution in [3.63, 3.8) is 0 Å². The minimum absolute atomic E-state index is 0.743. The second-order valence-electron chi connectivity index (χ2n) is 3.26. The van der Waals surface area contributed by atoms with Crippen molar-refractivity contribution in [2.24, 2.45) is 0 Å². The van der Waals surface area contributed by atoms with E-state index in [0.717, 1.165) is 23.3 Å². The summed E-state index contributed by atoms with van der Waals surface area (Å²) in [5.74, 6) is 0.811. The molecule has 4 heteroatoms. The highest BCUT2D eigenvalue weighted by Crippen LogP contribution is 2.30. The van der Waals surface area contributed by atoms with E-state index in [-0.39, 0.29) is 0 Å². The molecule has 0 aliphatic carbocycles. The number of pyridine rings is 1. The number of hydrogen-bond acceptors (Lipinski definition) is 3. The molecule has 1 aromatic heterocycles. The number of aromatic nitrogens is 1. The number of anilines is 1. The molecule has 70 valence electrons. The van der Waals surface area contributed by atoms with E-state index in [4.69, 9.17) is 11.8 Å². The van der Waals surface area contributed by atoms with Gasteiger partial charge in [0.05, 0.1) is 0 Å². The first-order valence-electron chi connectivity index (χ1n) is 4.42. The Labute approximate surface area is 86.4 Å². The number of hydrogen-bond donors (Lipinski definition) is 1. The fraction of sp³-hybridized carbons (Fsp3) is 0.100. The normalized spacial score (nSPS) is 14.8. The third-order valence-electron chi connectivity index (χ3n) is 2.46. The lowest BCUT2D eigenvalue weighted by molar-refractivity contribution is 0.800. The van der Waals surface area contributed by atoms with Crippen LogP contribution in [0.15, 0.2) is 30.5 Å². The Bertz CT molecular complexity index is 498. The SMILES string of the molecule is ClN1NCc2c1ncc1ccccc21. The molecule has 0 unspecified atom stereocenters. The van der Waals surface area contributed by atoms with Gasteiger partial charge in [-0.15, -0.1) is 0 Å². The zero-order valence-corrected chi connectivity index (χ0v) is 8.12. The van der Waals surface area contributed by atoms with Crippen LogP contribution >= 0.6 is 11.8 Å². The summed E-state index contributed by atoms with van der Waals surface area (Å²) in [7, 11) is 0. The highest BCUT2D eigenvalue weighted by molar-refractivity contribution is 6.25. The zero-order valence-electron chi connectivity index (χ0n) is 7.37. The average Bonchev–Trinajstić information content (AvgIpc) is 2.61. The molecule has 0 amide bonds. The number of fused-ring (bicyclic) bond motifs is 3. The van der Waals surface area contributed by atoms with Gasteiger partial charge in [-0.05, 0) is 5.39 Å². The van der Waals surface area contributed by atoms with Crippen molar-refractivity contribution in [2.45, 2.75) is 6.54 Å². The van der Waals surface area contributed by atoms with Gasteiger partial charge in [0.1, 0.15) is 0 Å². The number of nitrogens with one attached hydrogen (secondary N) is 1. The summed E-state index contributed by atoms with van der Waals surface area (Å²) >= 11 is 5.90. The summed E-state index contributed by atoms with van der Waals surface area (Å²) in [6, 6.07) is 8.18. The molecule has 1 aromatic carbocycles. The number of benzene rings is 1. The maximum Gasteiger partial charge on any atom is 0.164 e. The van der Waals surface area contributed by atoms with Crippen LogP contribution < -0.4 is 9.95 Å². The lowest BCUT2D eigenvalue weighted by Crippen LogP contribution is -2.21. The molecule has 1 aliphatic heterocycles. The number of hydrazine groups is 1. The lowest BCUT2D eigenvalue weighted by Gasteiger charge is -2.06. The van der Waals surface area contributed by atoms with Crippen LogP contribution in [-0.2, 0) is 6.54 Å². The highest BCUT2D eigenvalue weighted by atomic mass is 35.5. The van der Waals surface area contributed by atoms with Gasteiger partial charge in [-0.1, -0.05) is 24.3 Å². The molecular weight excluding hydrogens is 198 g/mol. The van der Waals surface area contributed by atoms with E-state index in [1.54, 1.807) is 0 Å². The minimum Gasteiger partial charge on any atom is -0.236 e. The monoisotopic (exact) mass is 205 g/mol. The Hall–Kier alpha value is -1.32. The molecule has 2 heterocycles. The Kier molecular flexibility index (Phi) is 1.63. The van der Waals surface area contributed by atoms with Crippen LogP contribution in [0.3, 0.4) is 0 Å². The predicted octanol–water partition coefficient (Wildman–Crippen LogP) is 2.21. The van der Waals surface area contributed by atoms with Gasteiger partial charge in [0, 0.05) is 35.5 Å². The van der Waals surface area contributed by atoms with Crippen LogP contribution in [0.5, 0.6) is 0 Å². The quantitative estimate of drug-likeness (QED) is 0.669. The average molecular weight is 206 g/mol. The lowest BCUT2D eigenvalue weighted by atomic mass is 10.1. The van der Waals surface area contributed by atoms with Crippen molar-refractivity contribution in [3.05, 3.63) is 36.0 Å². The van der Waals surface area contributed by atoms with Crippen molar-refractivity contribution in [1.82, 2.24) is 10.4 Å². The van der Waals surface area contributed by atoms with E-state index in [9.17, 15) is 0 Å². The van der Waals surface area contributed by atoms with Crippen LogP contribution in [0.4, 0.5) is 5.82 Å². The second kappa shape index (κ2) is 2.83. The first-order valence-corrected chi connectivity index (χ1v) is 4.76. The maximum absolute atomic E-state index is 5.90. The molecule has 0 bridgehead atoms.